The molecule has 0 aromatic carbocycles. The molecule has 0 fully saturated rings. The third kappa shape index (κ3) is 12.0. The molecule has 0 radical (unpaired) electrons. The summed E-state index contributed by atoms with van der Waals surface area (Å²) in [7, 11) is -4.94. The molecule has 0 amide bonds. The molecule has 1 unspecified atom stereocenters. The van der Waals surface area contributed by atoms with Crippen LogP contribution in [0.4, 0.5) is 0 Å². The van der Waals surface area contributed by atoms with Crippen molar-refractivity contribution in [1.82, 2.24) is 0 Å². The zero-order valence-corrected chi connectivity index (χ0v) is 12.4. The van der Waals surface area contributed by atoms with Gasteiger partial charge in [-0.05, 0) is 6.92 Å². The molecule has 19 heavy (non-hydrogen) atoms. The number of hydrogen-bond donors (Lipinski definition) is 0. The second-order valence-electron chi connectivity index (χ2n) is 3.17. The van der Waals surface area contributed by atoms with E-state index in [2.05, 4.69) is 15.9 Å². The Morgan fingerprint density at radius 3 is 2.16 bits per heavy atom. The number of halogens is 2. The number of carbonyl (C=O) groups is 1. The second kappa shape index (κ2) is 9.18. The van der Waals surface area contributed by atoms with Crippen molar-refractivity contribution in [3.63, 3.8) is 0 Å². The number of alkyl halides is 1. The summed E-state index contributed by atoms with van der Waals surface area (Å²) >= 11 is 3.29. The van der Waals surface area contributed by atoms with Gasteiger partial charge in [0.15, 0.2) is 23.8 Å². The zero-order valence-electron chi connectivity index (χ0n) is 10.0. The fourth-order valence-corrected chi connectivity index (χ4v) is 1.51. The van der Waals surface area contributed by atoms with Crippen LogP contribution in [0.15, 0.2) is 30.6 Å². The van der Waals surface area contributed by atoms with E-state index in [1.54, 1.807) is 6.92 Å². The van der Waals surface area contributed by atoms with Crippen LogP contribution in [0.3, 0.4) is 0 Å². The Morgan fingerprint density at radius 1 is 1.26 bits per heavy atom. The van der Waals surface area contributed by atoms with Crippen molar-refractivity contribution in [2.24, 2.45) is 0 Å². The largest absolute Gasteiger partial charge is 0.465 e. The number of hydrogen-bond acceptors (Lipinski definition) is 6. The molecule has 1 aromatic heterocycles. The van der Waals surface area contributed by atoms with Crippen molar-refractivity contribution in [2.75, 3.05) is 6.61 Å². The van der Waals surface area contributed by atoms with E-state index < -0.39 is 10.2 Å². The van der Waals surface area contributed by atoms with Crippen LogP contribution in [0.5, 0.6) is 0 Å². The van der Waals surface area contributed by atoms with E-state index in [9.17, 15) is 4.79 Å². The van der Waals surface area contributed by atoms with Gasteiger partial charge >= 0.3 is 5.97 Å². The topological polar surface area (TPSA) is 122 Å². The summed E-state index contributed by atoms with van der Waals surface area (Å²) in [5.41, 5.74) is 0. The van der Waals surface area contributed by atoms with Crippen LogP contribution in [0.2, 0.25) is 0 Å². The number of carbonyl (C=O) groups excluding carboxylic acids is 1. The molecular formula is C10H13BrClNO6. The van der Waals surface area contributed by atoms with Crippen molar-refractivity contribution in [3.8, 4) is 0 Å². The van der Waals surface area contributed by atoms with Crippen molar-refractivity contribution >= 4 is 21.9 Å². The highest BCUT2D eigenvalue weighted by atomic mass is 79.9. The maximum atomic E-state index is 11.3. The summed E-state index contributed by atoms with van der Waals surface area (Å²) in [5.74, 6) is -0.219. The Balaban J connectivity index is 0.000000555. The molecule has 0 saturated heterocycles. The lowest BCUT2D eigenvalue weighted by atomic mass is 10.4. The molecule has 1 atom stereocenters. The SMILES string of the molecule is CCOC(=O)C(Br)C[n+]1ccccc1.[O-][Cl+3]([O-])([O-])[O-]. The molecule has 1 aromatic rings. The van der Waals surface area contributed by atoms with Crippen LogP contribution in [-0.2, 0) is 16.1 Å². The van der Waals surface area contributed by atoms with Crippen LogP contribution >= 0.6 is 15.9 Å². The van der Waals surface area contributed by atoms with E-state index in [-0.39, 0.29) is 10.8 Å². The number of pyridine rings is 1. The molecule has 0 aliphatic heterocycles. The van der Waals surface area contributed by atoms with Gasteiger partial charge in [0.25, 0.3) is 0 Å². The zero-order chi connectivity index (χ0) is 14.9. The molecule has 1 rings (SSSR count). The number of esters is 1. The Hall–Kier alpha value is -0.770. The summed E-state index contributed by atoms with van der Waals surface area (Å²) in [6.07, 6.45) is 3.82. The maximum absolute atomic E-state index is 11.3. The van der Waals surface area contributed by atoms with E-state index in [0.29, 0.717) is 13.2 Å². The molecule has 1 heterocycles. The van der Waals surface area contributed by atoms with E-state index in [1.807, 2.05) is 35.2 Å². The smallest absolute Gasteiger partial charge is 0.326 e. The first-order valence-electron chi connectivity index (χ1n) is 5.10. The highest BCUT2D eigenvalue weighted by Crippen LogP contribution is 2.02. The van der Waals surface area contributed by atoms with Gasteiger partial charge in [0.1, 0.15) is 0 Å². The van der Waals surface area contributed by atoms with Crippen LogP contribution in [-0.4, -0.2) is 17.4 Å². The van der Waals surface area contributed by atoms with Gasteiger partial charge in [-0.1, -0.05) is 22.0 Å². The summed E-state index contributed by atoms with van der Waals surface area (Å²) in [4.78, 5) is 11.0. The molecule has 108 valence electrons. The van der Waals surface area contributed by atoms with Gasteiger partial charge in [-0.2, -0.15) is 0 Å². The molecule has 0 bridgehead atoms. The summed E-state index contributed by atoms with van der Waals surface area (Å²) in [6.45, 7) is 2.80. The van der Waals surface area contributed by atoms with Crippen molar-refractivity contribution in [1.29, 1.82) is 0 Å². The maximum Gasteiger partial charge on any atom is 0.326 e. The monoisotopic (exact) mass is 357 g/mol. The van der Waals surface area contributed by atoms with Crippen LogP contribution in [0.25, 0.3) is 0 Å². The quantitative estimate of drug-likeness (QED) is 0.313. The van der Waals surface area contributed by atoms with Gasteiger partial charge in [0.2, 0.25) is 0 Å². The minimum absolute atomic E-state index is 0.219. The highest BCUT2D eigenvalue weighted by Gasteiger charge is 2.20. The lowest BCUT2D eigenvalue weighted by Gasteiger charge is -2.17. The van der Waals surface area contributed by atoms with Crippen molar-refractivity contribution in [2.45, 2.75) is 18.3 Å². The predicted molar refractivity (Wildman–Crippen MR) is 56.0 cm³/mol. The normalized spacial score (nSPS) is 12.1. The lowest BCUT2D eigenvalue weighted by molar-refractivity contribution is -2.00. The highest BCUT2D eigenvalue weighted by molar-refractivity contribution is 9.10. The molecular weight excluding hydrogens is 345 g/mol. The first-order valence-corrected chi connectivity index (χ1v) is 7.25. The number of aromatic nitrogens is 1. The van der Waals surface area contributed by atoms with Gasteiger partial charge in [0, 0.05) is 12.1 Å². The van der Waals surface area contributed by atoms with Crippen LogP contribution < -0.4 is 23.2 Å². The fourth-order valence-electron chi connectivity index (χ4n) is 1.05. The summed E-state index contributed by atoms with van der Waals surface area (Å²) in [5, 5.41) is 0. The number of nitrogens with zero attached hydrogens (tertiary/aromatic N) is 1. The van der Waals surface area contributed by atoms with Gasteiger partial charge in [-0.3, -0.25) is 4.79 Å². The minimum atomic E-state index is -4.94. The summed E-state index contributed by atoms with van der Waals surface area (Å²) < 4.78 is 40.8. The minimum Gasteiger partial charge on any atom is -0.465 e. The van der Waals surface area contributed by atoms with Gasteiger partial charge in [0.05, 0.1) is 6.61 Å². The molecule has 9 heteroatoms. The number of rotatable bonds is 4. The van der Waals surface area contributed by atoms with E-state index in [0.717, 1.165) is 0 Å². The fraction of sp³-hybridized carbons (Fsp3) is 0.400. The first kappa shape index (κ1) is 18.2. The molecule has 0 N–H and O–H groups in total. The molecule has 0 aliphatic rings. The van der Waals surface area contributed by atoms with Crippen LogP contribution in [0.1, 0.15) is 6.92 Å². The molecule has 0 spiro atoms. The Labute approximate surface area is 120 Å². The third-order valence-corrected chi connectivity index (χ3v) is 2.35. The molecule has 0 aliphatic carbocycles. The second-order valence-corrected chi connectivity index (χ2v) is 5.03. The predicted octanol–water partition coefficient (Wildman–Crippen LogP) is -3.46. The lowest BCUT2D eigenvalue weighted by Crippen LogP contribution is -2.68. The third-order valence-electron chi connectivity index (χ3n) is 1.69. The van der Waals surface area contributed by atoms with E-state index in [4.69, 9.17) is 23.4 Å². The van der Waals surface area contributed by atoms with Gasteiger partial charge < -0.3 is 4.74 Å². The van der Waals surface area contributed by atoms with E-state index in [1.165, 1.54) is 0 Å². The standard InChI is InChI=1S/C10H13BrNO2.ClHO4/c1-2-14-10(13)9(11)8-12-6-4-3-5-7-12;2-1(3,4)5/h3-7,9H,2,8H2,1H3;(H,2,3,4,5)/q+1;/p-1. The molecule has 7 nitrogen and oxygen atoms in total. The Morgan fingerprint density at radius 2 is 1.74 bits per heavy atom. The summed E-state index contributed by atoms with van der Waals surface area (Å²) in [6, 6.07) is 5.78. The Kier molecular flexibility index (Phi) is 8.81. The average molecular weight is 359 g/mol. The number of ether oxygens (including phenoxy) is 1. The first-order chi connectivity index (χ1) is 8.74. The van der Waals surface area contributed by atoms with Gasteiger partial charge in [-0.15, -0.1) is 10.2 Å². The van der Waals surface area contributed by atoms with Gasteiger partial charge in [-0.25, -0.2) is 23.2 Å². The van der Waals surface area contributed by atoms with Crippen LogP contribution in [0, 0.1) is 10.2 Å². The van der Waals surface area contributed by atoms with Crippen molar-refractivity contribution in [3.05, 3.63) is 30.6 Å². The molecule has 0 saturated carbocycles. The Bertz CT molecular complexity index is 366. The van der Waals surface area contributed by atoms with E-state index >= 15 is 0 Å². The average Bonchev–Trinajstić information content (AvgIpc) is 2.28. The van der Waals surface area contributed by atoms with Crippen molar-refractivity contribution < 1.29 is 43.0 Å².